The van der Waals surface area contributed by atoms with Crippen molar-refractivity contribution in [1.29, 1.82) is 0 Å². The number of amides is 1. The molecule has 0 bridgehead atoms. The quantitative estimate of drug-likeness (QED) is 0.871. The van der Waals surface area contributed by atoms with Crippen LogP contribution in [-0.2, 0) is 4.79 Å². The van der Waals surface area contributed by atoms with Crippen LogP contribution in [0.3, 0.4) is 0 Å². The SMILES string of the molecule is CNC(=O)C1CCN(c2ccc(Cl)c(C)n2)C1. The average molecular weight is 254 g/mol. The zero-order valence-electron chi connectivity index (χ0n) is 10.0. The van der Waals surface area contributed by atoms with Crippen LogP contribution in [0.4, 0.5) is 5.82 Å². The number of carbonyl (C=O) groups excluding carboxylic acids is 1. The number of carbonyl (C=O) groups is 1. The topological polar surface area (TPSA) is 45.2 Å². The standard InChI is InChI=1S/C12H16ClN3O/c1-8-10(13)3-4-11(15-8)16-6-5-9(7-16)12(17)14-2/h3-4,9H,5-7H2,1-2H3,(H,14,17). The molecule has 1 N–H and O–H groups in total. The van der Waals surface area contributed by atoms with E-state index in [1.165, 1.54) is 0 Å². The Labute approximate surface area is 106 Å². The van der Waals surface area contributed by atoms with Crippen LogP contribution in [0.1, 0.15) is 12.1 Å². The Morgan fingerprint density at radius 3 is 3.00 bits per heavy atom. The normalized spacial score (nSPS) is 19.5. The molecular formula is C12H16ClN3O. The lowest BCUT2D eigenvalue weighted by Crippen LogP contribution is -2.30. The van der Waals surface area contributed by atoms with Crippen LogP contribution < -0.4 is 10.2 Å². The largest absolute Gasteiger partial charge is 0.359 e. The summed E-state index contributed by atoms with van der Waals surface area (Å²) in [7, 11) is 1.68. The summed E-state index contributed by atoms with van der Waals surface area (Å²) in [5.74, 6) is 1.08. The lowest BCUT2D eigenvalue weighted by atomic mass is 10.1. The molecule has 1 unspecified atom stereocenters. The summed E-state index contributed by atoms with van der Waals surface area (Å²) in [5, 5.41) is 3.37. The van der Waals surface area contributed by atoms with Gasteiger partial charge in [-0.15, -0.1) is 0 Å². The van der Waals surface area contributed by atoms with E-state index < -0.39 is 0 Å². The maximum Gasteiger partial charge on any atom is 0.224 e. The summed E-state index contributed by atoms with van der Waals surface area (Å²) in [5.41, 5.74) is 0.826. The number of anilines is 1. The highest BCUT2D eigenvalue weighted by atomic mass is 35.5. The van der Waals surface area contributed by atoms with E-state index in [1.807, 2.05) is 19.1 Å². The molecule has 1 aliphatic rings. The van der Waals surface area contributed by atoms with Crippen LogP contribution in [0.5, 0.6) is 0 Å². The van der Waals surface area contributed by atoms with Gasteiger partial charge >= 0.3 is 0 Å². The lowest BCUT2D eigenvalue weighted by molar-refractivity contribution is -0.123. The number of nitrogens with one attached hydrogen (secondary N) is 1. The average Bonchev–Trinajstić information content (AvgIpc) is 2.81. The zero-order valence-corrected chi connectivity index (χ0v) is 10.8. The van der Waals surface area contributed by atoms with E-state index in [-0.39, 0.29) is 11.8 Å². The fourth-order valence-corrected chi connectivity index (χ4v) is 2.20. The fourth-order valence-electron chi connectivity index (χ4n) is 2.09. The minimum absolute atomic E-state index is 0.0674. The summed E-state index contributed by atoms with van der Waals surface area (Å²) in [6, 6.07) is 3.76. The molecular weight excluding hydrogens is 238 g/mol. The number of hydrogen-bond acceptors (Lipinski definition) is 3. The maximum atomic E-state index is 11.5. The highest BCUT2D eigenvalue weighted by Gasteiger charge is 2.28. The number of rotatable bonds is 2. The summed E-state index contributed by atoms with van der Waals surface area (Å²) >= 11 is 5.94. The van der Waals surface area contributed by atoms with Crippen molar-refractivity contribution >= 4 is 23.3 Å². The van der Waals surface area contributed by atoms with E-state index in [4.69, 9.17) is 11.6 Å². The monoisotopic (exact) mass is 253 g/mol. The Bertz CT molecular complexity index is 436. The number of nitrogens with zero attached hydrogens (tertiary/aromatic N) is 2. The van der Waals surface area contributed by atoms with Gasteiger partial charge < -0.3 is 10.2 Å². The molecule has 1 saturated heterocycles. The third kappa shape index (κ3) is 2.52. The third-order valence-electron chi connectivity index (χ3n) is 3.14. The molecule has 17 heavy (non-hydrogen) atoms. The Morgan fingerprint density at radius 2 is 2.35 bits per heavy atom. The second kappa shape index (κ2) is 4.92. The first-order valence-corrected chi connectivity index (χ1v) is 6.09. The lowest BCUT2D eigenvalue weighted by Gasteiger charge is -2.17. The van der Waals surface area contributed by atoms with Crippen molar-refractivity contribution in [2.45, 2.75) is 13.3 Å². The van der Waals surface area contributed by atoms with E-state index in [0.29, 0.717) is 5.02 Å². The molecule has 1 fully saturated rings. The third-order valence-corrected chi connectivity index (χ3v) is 3.54. The molecule has 1 atom stereocenters. The van der Waals surface area contributed by atoms with Crippen LogP contribution >= 0.6 is 11.6 Å². The molecule has 2 rings (SSSR count). The predicted molar refractivity (Wildman–Crippen MR) is 68.4 cm³/mol. The molecule has 0 aliphatic carbocycles. The van der Waals surface area contributed by atoms with Gasteiger partial charge in [0.1, 0.15) is 5.82 Å². The summed E-state index contributed by atoms with van der Waals surface area (Å²) in [6.45, 7) is 3.48. The van der Waals surface area contributed by atoms with Crippen molar-refractivity contribution in [1.82, 2.24) is 10.3 Å². The molecule has 1 aromatic heterocycles. The highest BCUT2D eigenvalue weighted by molar-refractivity contribution is 6.31. The predicted octanol–water partition coefficient (Wildman–Crippen LogP) is 1.62. The highest BCUT2D eigenvalue weighted by Crippen LogP contribution is 2.24. The van der Waals surface area contributed by atoms with Crippen molar-refractivity contribution in [3.63, 3.8) is 0 Å². The van der Waals surface area contributed by atoms with Gasteiger partial charge in [-0.05, 0) is 25.5 Å². The van der Waals surface area contributed by atoms with Crippen molar-refractivity contribution < 1.29 is 4.79 Å². The van der Waals surface area contributed by atoms with Crippen molar-refractivity contribution in [3.8, 4) is 0 Å². The number of aromatic nitrogens is 1. The number of aryl methyl sites for hydroxylation is 1. The summed E-state index contributed by atoms with van der Waals surface area (Å²) in [6.07, 6.45) is 0.878. The number of hydrogen-bond donors (Lipinski definition) is 1. The van der Waals surface area contributed by atoms with Gasteiger partial charge in [-0.25, -0.2) is 4.98 Å². The van der Waals surface area contributed by atoms with E-state index in [1.54, 1.807) is 7.05 Å². The van der Waals surface area contributed by atoms with Gasteiger partial charge in [0.05, 0.1) is 16.6 Å². The number of pyridine rings is 1. The zero-order chi connectivity index (χ0) is 12.4. The molecule has 1 amide bonds. The van der Waals surface area contributed by atoms with Crippen LogP contribution in [0.15, 0.2) is 12.1 Å². The van der Waals surface area contributed by atoms with E-state index >= 15 is 0 Å². The second-order valence-electron chi connectivity index (χ2n) is 4.28. The minimum atomic E-state index is 0.0674. The van der Waals surface area contributed by atoms with Gasteiger partial charge in [0, 0.05) is 20.1 Å². The van der Waals surface area contributed by atoms with Gasteiger partial charge in [-0.3, -0.25) is 4.79 Å². The molecule has 0 saturated carbocycles. The molecule has 1 aromatic rings. The van der Waals surface area contributed by atoms with Gasteiger partial charge in [-0.2, -0.15) is 0 Å². The van der Waals surface area contributed by atoms with Gasteiger partial charge in [-0.1, -0.05) is 11.6 Å². The van der Waals surface area contributed by atoms with Gasteiger partial charge in [0.25, 0.3) is 0 Å². The van der Waals surface area contributed by atoms with Crippen LogP contribution in [-0.4, -0.2) is 31.0 Å². The Hall–Kier alpha value is -1.29. The number of halogens is 1. The molecule has 0 radical (unpaired) electrons. The molecule has 5 heteroatoms. The summed E-state index contributed by atoms with van der Waals surface area (Å²) in [4.78, 5) is 18.1. The molecule has 2 heterocycles. The molecule has 0 spiro atoms. The fraction of sp³-hybridized carbons (Fsp3) is 0.500. The maximum absolute atomic E-state index is 11.5. The minimum Gasteiger partial charge on any atom is -0.359 e. The van der Waals surface area contributed by atoms with Gasteiger partial charge in [0.2, 0.25) is 5.91 Å². The van der Waals surface area contributed by atoms with Crippen LogP contribution in [0.25, 0.3) is 0 Å². The van der Waals surface area contributed by atoms with Crippen molar-refractivity contribution in [2.75, 3.05) is 25.0 Å². The molecule has 4 nitrogen and oxygen atoms in total. The Balaban J connectivity index is 2.10. The first-order chi connectivity index (χ1) is 8.11. The van der Waals surface area contributed by atoms with Crippen LogP contribution in [0.2, 0.25) is 5.02 Å². The first kappa shape index (κ1) is 12.2. The van der Waals surface area contributed by atoms with Gasteiger partial charge in [0.15, 0.2) is 0 Å². The molecule has 0 aromatic carbocycles. The smallest absolute Gasteiger partial charge is 0.224 e. The van der Waals surface area contributed by atoms with Crippen LogP contribution in [0, 0.1) is 12.8 Å². The van der Waals surface area contributed by atoms with E-state index in [2.05, 4.69) is 15.2 Å². The first-order valence-electron chi connectivity index (χ1n) is 5.71. The molecule has 92 valence electrons. The molecule has 1 aliphatic heterocycles. The van der Waals surface area contributed by atoms with Crippen molar-refractivity contribution in [2.24, 2.45) is 5.92 Å². The Morgan fingerprint density at radius 1 is 1.59 bits per heavy atom. The second-order valence-corrected chi connectivity index (χ2v) is 4.69. The summed E-state index contributed by atoms with van der Waals surface area (Å²) < 4.78 is 0. The Kier molecular flexibility index (Phi) is 3.52. The van der Waals surface area contributed by atoms with E-state index in [0.717, 1.165) is 31.0 Å². The van der Waals surface area contributed by atoms with Crippen molar-refractivity contribution in [3.05, 3.63) is 22.8 Å². The van der Waals surface area contributed by atoms with E-state index in [9.17, 15) is 4.79 Å².